The van der Waals surface area contributed by atoms with Gasteiger partial charge in [0.2, 0.25) is 0 Å². The molecule has 0 saturated carbocycles. The molecular weight excluding hydrogens is 200 g/mol. The molecule has 0 saturated heterocycles. The summed E-state index contributed by atoms with van der Waals surface area (Å²) < 4.78 is 0. The Morgan fingerprint density at radius 1 is 1.64 bits per heavy atom. The average molecular weight is 207 g/mol. The summed E-state index contributed by atoms with van der Waals surface area (Å²) in [5.74, 6) is -0.664. The Morgan fingerprint density at radius 2 is 2.50 bits per heavy atom. The van der Waals surface area contributed by atoms with Crippen molar-refractivity contribution in [2.75, 3.05) is 5.75 Å². The molecule has 0 N–H and O–H groups in total. The highest BCUT2D eigenvalue weighted by atomic mass is 32.2. The summed E-state index contributed by atoms with van der Waals surface area (Å²) in [4.78, 5) is 18.5. The summed E-state index contributed by atoms with van der Waals surface area (Å²) in [5.41, 5.74) is 0.862. The van der Waals surface area contributed by atoms with Crippen LogP contribution in [0.15, 0.2) is 29.5 Å². The van der Waals surface area contributed by atoms with Crippen LogP contribution in [0.5, 0.6) is 0 Å². The SMILES string of the molecule is O=C([O-])[C@H]1CSC(c2cccnc2)=N1. The smallest absolute Gasteiger partial charge is 0.100 e. The molecule has 0 spiro atoms. The van der Waals surface area contributed by atoms with Crippen LogP contribution < -0.4 is 5.11 Å². The highest BCUT2D eigenvalue weighted by molar-refractivity contribution is 8.14. The molecular formula is C9H7N2O2S-. The van der Waals surface area contributed by atoms with Gasteiger partial charge in [0, 0.05) is 23.7 Å². The van der Waals surface area contributed by atoms with Gasteiger partial charge in [0.1, 0.15) is 11.1 Å². The number of hydrogen-bond donors (Lipinski definition) is 0. The second kappa shape index (κ2) is 3.79. The molecule has 1 aliphatic rings. The lowest BCUT2D eigenvalue weighted by Gasteiger charge is -2.04. The van der Waals surface area contributed by atoms with E-state index in [0.29, 0.717) is 5.75 Å². The Kier molecular flexibility index (Phi) is 2.49. The molecule has 1 aromatic heterocycles. The summed E-state index contributed by atoms with van der Waals surface area (Å²) in [6.45, 7) is 0. The summed E-state index contributed by atoms with van der Waals surface area (Å²) in [5, 5.41) is 11.3. The van der Waals surface area contributed by atoms with Crippen LogP contribution in [0.2, 0.25) is 0 Å². The van der Waals surface area contributed by atoms with Crippen molar-refractivity contribution in [3.05, 3.63) is 30.1 Å². The number of nitrogens with zero attached hydrogens (tertiary/aromatic N) is 2. The Morgan fingerprint density at radius 3 is 3.07 bits per heavy atom. The van der Waals surface area contributed by atoms with E-state index in [1.54, 1.807) is 18.5 Å². The molecule has 2 rings (SSSR count). The van der Waals surface area contributed by atoms with Gasteiger partial charge in [-0.3, -0.25) is 9.98 Å². The molecule has 72 valence electrons. The third-order valence-corrected chi connectivity index (χ3v) is 2.93. The van der Waals surface area contributed by atoms with E-state index in [-0.39, 0.29) is 0 Å². The van der Waals surface area contributed by atoms with Gasteiger partial charge in [-0.2, -0.15) is 0 Å². The molecule has 1 atom stereocenters. The number of carboxylic acid groups (broad SMARTS) is 1. The maximum Gasteiger partial charge on any atom is 0.100 e. The topological polar surface area (TPSA) is 65.4 Å². The minimum absolute atomic E-state index is 0.451. The highest BCUT2D eigenvalue weighted by Gasteiger charge is 2.19. The van der Waals surface area contributed by atoms with Crippen molar-refractivity contribution in [1.29, 1.82) is 0 Å². The number of aliphatic imine (C=N–C) groups is 1. The molecule has 5 heteroatoms. The fourth-order valence-electron chi connectivity index (χ4n) is 1.14. The van der Waals surface area contributed by atoms with Gasteiger partial charge >= 0.3 is 0 Å². The lowest BCUT2D eigenvalue weighted by molar-refractivity contribution is -0.306. The molecule has 1 aromatic rings. The van der Waals surface area contributed by atoms with Crippen molar-refractivity contribution in [1.82, 2.24) is 4.98 Å². The number of aromatic nitrogens is 1. The van der Waals surface area contributed by atoms with Crippen molar-refractivity contribution in [2.24, 2.45) is 4.99 Å². The Hall–Kier alpha value is -1.36. The number of hydrogen-bond acceptors (Lipinski definition) is 5. The number of rotatable bonds is 2. The number of carboxylic acids is 1. The number of pyridine rings is 1. The van der Waals surface area contributed by atoms with Gasteiger partial charge < -0.3 is 9.90 Å². The van der Waals surface area contributed by atoms with Crippen molar-refractivity contribution >= 4 is 22.8 Å². The monoisotopic (exact) mass is 207 g/mol. The first-order valence-corrected chi connectivity index (χ1v) is 5.08. The molecule has 0 aromatic carbocycles. The zero-order chi connectivity index (χ0) is 9.97. The van der Waals surface area contributed by atoms with E-state index >= 15 is 0 Å². The molecule has 0 bridgehead atoms. The lowest BCUT2D eigenvalue weighted by Crippen LogP contribution is -2.34. The highest BCUT2D eigenvalue weighted by Crippen LogP contribution is 2.22. The molecule has 1 aliphatic heterocycles. The van der Waals surface area contributed by atoms with Crippen molar-refractivity contribution < 1.29 is 9.90 Å². The van der Waals surface area contributed by atoms with Crippen LogP contribution in [0.3, 0.4) is 0 Å². The second-order valence-corrected chi connectivity index (χ2v) is 3.83. The van der Waals surface area contributed by atoms with E-state index in [0.717, 1.165) is 10.6 Å². The average Bonchev–Trinajstić information content (AvgIpc) is 2.68. The van der Waals surface area contributed by atoms with Crippen molar-refractivity contribution in [2.45, 2.75) is 6.04 Å². The molecule has 0 radical (unpaired) electrons. The molecule has 0 unspecified atom stereocenters. The fraction of sp³-hybridized carbons (Fsp3) is 0.222. The van der Waals surface area contributed by atoms with Crippen LogP contribution in [-0.2, 0) is 4.79 Å². The van der Waals surface area contributed by atoms with Crippen LogP contribution in [0, 0.1) is 0 Å². The van der Waals surface area contributed by atoms with Crippen LogP contribution in [-0.4, -0.2) is 27.8 Å². The van der Waals surface area contributed by atoms with Crippen LogP contribution >= 0.6 is 11.8 Å². The number of carbonyl (C=O) groups is 1. The second-order valence-electron chi connectivity index (χ2n) is 2.82. The minimum atomic E-state index is -1.11. The zero-order valence-corrected chi connectivity index (χ0v) is 8.03. The van der Waals surface area contributed by atoms with Crippen molar-refractivity contribution in [3.8, 4) is 0 Å². The van der Waals surface area contributed by atoms with E-state index in [1.807, 2.05) is 6.07 Å². The zero-order valence-electron chi connectivity index (χ0n) is 7.21. The summed E-state index contributed by atoms with van der Waals surface area (Å²) >= 11 is 1.42. The summed E-state index contributed by atoms with van der Waals surface area (Å²) in [6, 6.07) is 2.94. The predicted molar refractivity (Wildman–Crippen MR) is 52.0 cm³/mol. The normalized spacial score (nSPS) is 20.6. The van der Waals surface area contributed by atoms with Crippen LogP contribution in [0.25, 0.3) is 0 Å². The van der Waals surface area contributed by atoms with E-state index in [4.69, 9.17) is 0 Å². The fourth-order valence-corrected chi connectivity index (χ4v) is 2.16. The van der Waals surface area contributed by atoms with Crippen LogP contribution in [0.4, 0.5) is 0 Å². The first-order chi connectivity index (χ1) is 6.77. The van der Waals surface area contributed by atoms with Gasteiger partial charge in [0.25, 0.3) is 0 Å². The molecule has 0 fully saturated rings. The maximum absolute atomic E-state index is 10.5. The largest absolute Gasteiger partial charge is 0.548 e. The van der Waals surface area contributed by atoms with E-state index in [9.17, 15) is 9.90 Å². The number of thioether (sulfide) groups is 1. The van der Waals surface area contributed by atoms with Gasteiger partial charge in [0.15, 0.2) is 0 Å². The maximum atomic E-state index is 10.5. The minimum Gasteiger partial charge on any atom is -0.548 e. The quantitative estimate of drug-likeness (QED) is 0.667. The van der Waals surface area contributed by atoms with Gasteiger partial charge in [-0.1, -0.05) is 0 Å². The Balaban J connectivity index is 2.22. The van der Waals surface area contributed by atoms with Gasteiger partial charge in [-0.25, -0.2) is 0 Å². The molecule has 2 heterocycles. The third kappa shape index (κ3) is 1.77. The Bertz CT molecular complexity index is 378. The van der Waals surface area contributed by atoms with Gasteiger partial charge in [-0.15, -0.1) is 11.8 Å². The molecule has 14 heavy (non-hydrogen) atoms. The lowest BCUT2D eigenvalue weighted by atomic mass is 10.3. The molecule has 4 nitrogen and oxygen atoms in total. The molecule has 0 amide bonds. The Labute approximate surface area is 85.1 Å². The van der Waals surface area contributed by atoms with Crippen LogP contribution in [0.1, 0.15) is 5.56 Å². The first kappa shape index (κ1) is 9.21. The number of aliphatic carboxylic acids is 1. The van der Waals surface area contributed by atoms with Gasteiger partial charge in [-0.05, 0) is 12.1 Å². The van der Waals surface area contributed by atoms with E-state index in [1.165, 1.54) is 11.8 Å². The summed E-state index contributed by atoms with van der Waals surface area (Å²) in [6.07, 6.45) is 3.34. The van der Waals surface area contributed by atoms with E-state index in [2.05, 4.69) is 9.98 Å². The predicted octanol–water partition coefficient (Wildman–Crippen LogP) is -0.307. The molecule has 0 aliphatic carbocycles. The van der Waals surface area contributed by atoms with Gasteiger partial charge in [0.05, 0.1) is 5.97 Å². The summed E-state index contributed by atoms with van der Waals surface area (Å²) in [7, 11) is 0. The third-order valence-electron chi connectivity index (χ3n) is 1.83. The first-order valence-electron chi connectivity index (χ1n) is 4.09. The standard InChI is InChI=1S/C9H8N2O2S/c12-9(13)7-5-14-8(11-7)6-2-1-3-10-4-6/h1-4,7H,5H2,(H,12,13)/p-1/t7-/m1/s1. The van der Waals surface area contributed by atoms with E-state index < -0.39 is 12.0 Å². The number of carbonyl (C=O) groups excluding carboxylic acids is 1. The van der Waals surface area contributed by atoms with Crippen molar-refractivity contribution in [3.63, 3.8) is 0 Å².